The average Bonchev–Trinajstić information content (AvgIpc) is 2.74. The van der Waals surface area contributed by atoms with Crippen LogP contribution >= 0.6 is 11.3 Å². The fraction of sp³-hybridized carbons (Fsp3) is 0.700. The lowest BCUT2D eigenvalue weighted by Crippen LogP contribution is -2.24. The first-order valence-electron chi connectivity index (χ1n) is 5.57. The van der Waals surface area contributed by atoms with E-state index in [9.17, 15) is 13.2 Å². The molecule has 0 spiro atoms. The lowest BCUT2D eigenvalue weighted by molar-refractivity contribution is -0.190. The van der Waals surface area contributed by atoms with Gasteiger partial charge in [0.2, 0.25) is 0 Å². The van der Waals surface area contributed by atoms with Gasteiger partial charge >= 0.3 is 6.18 Å². The highest BCUT2D eigenvalue weighted by atomic mass is 32.1. The summed E-state index contributed by atoms with van der Waals surface area (Å²) in [6, 6.07) is 0. The van der Waals surface area contributed by atoms with Gasteiger partial charge in [-0.05, 0) is 13.8 Å². The van der Waals surface area contributed by atoms with Gasteiger partial charge in [0.15, 0.2) is 11.7 Å². The van der Waals surface area contributed by atoms with Crippen molar-refractivity contribution in [1.29, 1.82) is 0 Å². The molecule has 0 radical (unpaired) electrons. The van der Waals surface area contributed by atoms with Crippen molar-refractivity contribution < 1.29 is 18.0 Å². The van der Waals surface area contributed by atoms with E-state index < -0.39 is 12.8 Å². The van der Waals surface area contributed by atoms with Crippen LogP contribution in [0, 0.1) is 0 Å². The molecule has 0 unspecified atom stereocenters. The van der Waals surface area contributed by atoms with Gasteiger partial charge in [0.05, 0.1) is 6.54 Å². The molecule has 0 saturated carbocycles. The average molecular weight is 283 g/mol. The molecule has 0 aromatic carbocycles. The van der Waals surface area contributed by atoms with Gasteiger partial charge in [-0.25, -0.2) is 4.98 Å². The largest absolute Gasteiger partial charge is 0.413 e. The second kappa shape index (κ2) is 6.91. The van der Waals surface area contributed by atoms with Gasteiger partial charge in [0.25, 0.3) is 0 Å². The molecule has 4 nitrogen and oxygen atoms in total. The molecule has 1 rings (SSSR count). The lowest BCUT2D eigenvalue weighted by atomic mass is 10.5. The Balaban J connectivity index is 2.35. The van der Waals surface area contributed by atoms with Crippen LogP contribution in [0.3, 0.4) is 0 Å². The molecule has 1 heterocycles. The molecule has 0 aliphatic rings. The number of nitrogens with zero attached hydrogens (tertiary/aromatic N) is 2. The number of anilines is 1. The molecule has 0 amide bonds. The van der Waals surface area contributed by atoms with Crippen LogP contribution in [0.1, 0.15) is 18.7 Å². The minimum atomic E-state index is -4.31. The van der Waals surface area contributed by atoms with Gasteiger partial charge in [-0.15, -0.1) is 11.3 Å². The van der Waals surface area contributed by atoms with Crippen LogP contribution in [0.5, 0.6) is 0 Å². The number of alkyl halides is 3. The van der Waals surface area contributed by atoms with Crippen LogP contribution in [-0.2, 0) is 11.4 Å². The normalized spacial score (nSPS) is 11.8. The summed E-state index contributed by atoms with van der Waals surface area (Å²) in [4.78, 5) is 11.4. The zero-order chi connectivity index (χ0) is 13.6. The van der Waals surface area contributed by atoms with E-state index in [2.05, 4.69) is 20.2 Å². The topological polar surface area (TPSA) is 37.4 Å². The summed E-state index contributed by atoms with van der Waals surface area (Å²) in [5, 5.41) is 0.868. The number of aromatic nitrogens is 1. The fourth-order valence-corrected chi connectivity index (χ4v) is 2.24. The van der Waals surface area contributed by atoms with Gasteiger partial charge in [0.1, 0.15) is 0 Å². The summed E-state index contributed by atoms with van der Waals surface area (Å²) < 4.78 is 35.4. The third kappa shape index (κ3) is 5.19. The quantitative estimate of drug-likeness (QED) is 0.616. The smallest absolute Gasteiger partial charge is 0.349 e. The Morgan fingerprint density at radius 3 is 2.61 bits per heavy atom. The van der Waals surface area contributed by atoms with Crippen molar-refractivity contribution in [3.8, 4) is 0 Å². The molecular formula is C10H16F3N3OS. The molecule has 0 saturated heterocycles. The summed E-state index contributed by atoms with van der Waals surface area (Å²) >= 11 is 1.44. The van der Waals surface area contributed by atoms with E-state index in [1.165, 1.54) is 11.3 Å². The molecule has 1 N–H and O–H groups in total. The van der Waals surface area contributed by atoms with E-state index in [4.69, 9.17) is 0 Å². The number of hydrogen-bond donors (Lipinski definition) is 1. The Labute approximate surface area is 108 Å². The van der Waals surface area contributed by atoms with Gasteiger partial charge < -0.3 is 4.90 Å². The van der Waals surface area contributed by atoms with Crippen LogP contribution < -0.4 is 10.4 Å². The van der Waals surface area contributed by atoms with E-state index in [-0.39, 0.29) is 6.54 Å². The summed E-state index contributed by atoms with van der Waals surface area (Å²) in [6.07, 6.45) is -2.67. The SMILES string of the molecule is CCN(CC)c1ncc(CNOCC(F)(F)F)s1. The highest BCUT2D eigenvalue weighted by molar-refractivity contribution is 7.15. The first-order chi connectivity index (χ1) is 8.46. The number of hydroxylamine groups is 1. The van der Waals surface area contributed by atoms with E-state index in [0.717, 1.165) is 23.1 Å². The maximum atomic E-state index is 11.8. The molecule has 0 bridgehead atoms. The fourth-order valence-electron chi connectivity index (χ4n) is 1.27. The number of halogens is 3. The maximum Gasteiger partial charge on any atom is 0.413 e. The van der Waals surface area contributed by atoms with Gasteiger partial charge in [0, 0.05) is 24.2 Å². The Kier molecular flexibility index (Phi) is 5.83. The minimum Gasteiger partial charge on any atom is -0.349 e. The third-order valence-electron chi connectivity index (χ3n) is 2.16. The zero-order valence-corrected chi connectivity index (χ0v) is 11.1. The Hall–Kier alpha value is -0.860. The maximum absolute atomic E-state index is 11.8. The third-order valence-corrected chi connectivity index (χ3v) is 3.22. The predicted molar refractivity (Wildman–Crippen MR) is 64.5 cm³/mol. The molecule has 8 heteroatoms. The number of rotatable bonds is 7. The first-order valence-corrected chi connectivity index (χ1v) is 6.39. The Bertz CT molecular complexity index is 352. The molecule has 18 heavy (non-hydrogen) atoms. The van der Waals surface area contributed by atoms with Crippen LogP contribution in [0.2, 0.25) is 0 Å². The number of thiazole rings is 1. The van der Waals surface area contributed by atoms with Crippen molar-refractivity contribution in [1.82, 2.24) is 10.5 Å². The molecule has 0 fully saturated rings. The Morgan fingerprint density at radius 1 is 1.39 bits per heavy atom. The van der Waals surface area contributed by atoms with Crippen LogP contribution in [0.15, 0.2) is 6.20 Å². The van der Waals surface area contributed by atoms with Crippen LogP contribution in [-0.4, -0.2) is 30.9 Å². The second-order valence-corrected chi connectivity index (χ2v) is 4.60. The van der Waals surface area contributed by atoms with E-state index in [1.54, 1.807) is 6.20 Å². The highest BCUT2D eigenvalue weighted by Gasteiger charge is 2.27. The molecule has 1 aromatic rings. The van der Waals surface area contributed by atoms with Crippen LogP contribution in [0.25, 0.3) is 0 Å². The van der Waals surface area contributed by atoms with E-state index >= 15 is 0 Å². The summed E-state index contributed by atoms with van der Waals surface area (Å²) in [6.45, 7) is 4.66. The minimum absolute atomic E-state index is 0.217. The molecule has 0 aliphatic carbocycles. The van der Waals surface area contributed by atoms with Crippen molar-refractivity contribution in [2.75, 3.05) is 24.6 Å². The molecule has 1 aromatic heterocycles. The van der Waals surface area contributed by atoms with E-state index in [0.29, 0.717) is 0 Å². The lowest BCUT2D eigenvalue weighted by Gasteiger charge is -2.16. The Morgan fingerprint density at radius 2 is 2.06 bits per heavy atom. The van der Waals surface area contributed by atoms with Gasteiger partial charge in [-0.2, -0.15) is 18.7 Å². The van der Waals surface area contributed by atoms with Crippen molar-refractivity contribution >= 4 is 16.5 Å². The van der Waals surface area contributed by atoms with E-state index in [1.807, 2.05) is 13.8 Å². The number of hydrogen-bond acceptors (Lipinski definition) is 5. The summed E-state index contributed by atoms with van der Waals surface area (Å²) in [7, 11) is 0. The second-order valence-electron chi connectivity index (χ2n) is 3.51. The predicted octanol–water partition coefficient (Wildman–Crippen LogP) is 2.57. The standard InChI is InChI=1S/C10H16F3N3OS/c1-3-16(4-2)9-14-5-8(18-9)6-15-17-7-10(11,12)13/h5,15H,3-4,6-7H2,1-2H3. The highest BCUT2D eigenvalue weighted by Crippen LogP contribution is 2.22. The van der Waals surface area contributed by atoms with Gasteiger partial charge in [-0.1, -0.05) is 0 Å². The zero-order valence-electron chi connectivity index (χ0n) is 10.3. The number of nitrogens with one attached hydrogen (secondary N) is 1. The summed E-state index contributed by atoms with van der Waals surface area (Å²) in [5.41, 5.74) is 2.28. The monoisotopic (exact) mass is 283 g/mol. The first kappa shape index (κ1) is 15.2. The molecule has 104 valence electrons. The van der Waals surface area contributed by atoms with Crippen molar-refractivity contribution in [2.24, 2.45) is 0 Å². The summed E-state index contributed by atoms with van der Waals surface area (Å²) in [5.74, 6) is 0. The van der Waals surface area contributed by atoms with Crippen molar-refractivity contribution in [2.45, 2.75) is 26.6 Å². The van der Waals surface area contributed by atoms with Gasteiger partial charge in [-0.3, -0.25) is 4.84 Å². The molecule has 0 aliphatic heterocycles. The van der Waals surface area contributed by atoms with Crippen molar-refractivity contribution in [3.05, 3.63) is 11.1 Å². The van der Waals surface area contributed by atoms with Crippen molar-refractivity contribution in [3.63, 3.8) is 0 Å². The molecular weight excluding hydrogens is 267 g/mol. The molecule has 0 atom stereocenters. The van der Waals surface area contributed by atoms with Crippen LogP contribution in [0.4, 0.5) is 18.3 Å².